The quantitative estimate of drug-likeness (QED) is 0.191. The largest absolute Gasteiger partial charge is 0.359 e. The fourth-order valence-corrected chi connectivity index (χ4v) is 9.38. The number of fused-ring (bicyclic) bond motifs is 9. The van der Waals surface area contributed by atoms with E-state index in [9.17, 15) is 0 Å². The summed E-state index contributed by atoms with van der Waals surface area (Å²) in [5.41, 5.74) is 8.69. The molecule has 1 atom stereocenters. The molecule has 0 saturated carbocycles. The van der Waals surface area contributed by atoms with Crippen LogP contribution in [0.3, 0.4) is 0 Å². The Balaban J connectivity index is 1.17. The zero-order chi connectivity index (χ0) is 32.8. The van der Waals surface area contributed by atoms with Gasteiger partial charge in [0.25, 0.3) is 0 Å². The van der Waals surface area contributed by atoms with Crippen LogP contribution in [0.4, 0.5) is 10.7 Å². The van der Waals surface area contributed by atoms with E-state index >= 15 is 0 Å². The molecule has 11 rings (SSSR count). The second kappa shape index (κ2) is 10.7. The minimum atomic E-state index is 0.127. The third-order valence-corrected chi connectivity index (χ3v) is 11.8. The van der Waals surface area contributed by atoms with Crippen molar-refractivity contribution in [2.45, 2.75) is 6.17 Å². The highest BCUT2D eigenvalue weighted by molar-refractivity contribution is 7.23. The normalized spacial score (nSPS) is 15.2. The number of thiophene rings is 1. The van der Waals surface area contributed by atoms with Crippen LogP contribution in [0, 0.1) is 0 Å². The number of nitrogens with one attached hydrogen (secondary N) is 1. The summed E-state index contributed by atoms with van der Waals surface area (Å²) in [6.07, 6.45) is 7.05. The van der Waals surface area contributed by atoms with Crippen LogP contribution >= 0.6 is 11.3 Å². The highest BCUT2D eigenvalue weighted by Crippen LogP contribution is 2.50. The van der Waals surface area contributed by atoms with Crippen molar-refractivity contribution in [2.24, 2.45) is 0 Å². The van der Waals surface area contributed by atoms with Crippen LogP contribution in [0.1, 0.15) is 5.56 Å². The van der Waals surface area contributed by atoms with Gasteiger partial charge < -0.3 is 10.2 Å². The van der Waals surface area contributed by atoms with Crippen LogP contribution in [0.25, 0.3) is 81.0 Å². The third-order valence-electron chi connectivity index (χ3n) is 10.6. The molecule has 0 spiro atoms. The SMILES string of the molecule is C1=CC2Nc3c(sc4ccccc34)N2C=C1c1ccc2c(-c3ccc4ccccc4c3)c3ccccc3c(-c3ccc4ccccc4c3)c2c1. The fraction of sp³-hybridized carbons (Fsp3) is 0.0213. The number of hydrogen-bond acceptors (Lipinski definition) is 3. The summed E-state index contributed by atoms with van der Waals surface area (Å²) in [7, 11) is 0. The lowest BCUT2D eigenvalue weighted by atomic mass is 9.84. The van der Waals surface area contributed by atoms with E-state index in [1.54, 1.807) is 0 Å². The highest BCUT2D eigenvalue weighted by Gasteiger charge is 2.32. The molecule has 0 aliphatic carbocycles. The maximum absolute atomic E-state index is 3.77. The molecule has 0 saturated heterocycles. The fourth-order valence-electron chi connectivity index (χ4n) is 8.21. The number of nitrogens with zero attached hydrogens (tertiary/aromatic N) is 1. The molecule has 9 aromatic rings. The molecule has 0 radical (unpaired) electrons. The van der Waals surface area contributed by atoms with Crippen molar-refractivity contribution in [1.29, 1.82) is 0 Å². The Morgan fingerprint density at radius 1 is 0.480 bits per heavy atom. The first kappa shape index (κ1) is 27.8. The van der Waals surface area contributed by atoms with Gasteiger partial charge in [-0.05, 0) is 107 Å². The predicted molar refractivity (Wildman–Crippen MR) is 216 cm³/mol. The summed E-state index contributed by atoms with van der Waals surface area (Å²) in [4.78, 5) is 2.41. The van der Waals surface area contributed by atoms with E-state index in [-0.39, 0.29) is 6.17 Å². The maximum Gasteiger partial charge on any atom is 0.124 e. The summed E-state index contributed by atoms with van der Waals surface area (Å²) in [6, 6.07) is 55.9. The number of hydrogen-bond donors (Lipinski definition) is 1. The second-order valence-corrected chi connectivity index (χ2v) is 14.4. The van der Waals surface area contributed by atoms with Gasteiger partial charge in [-0.1, -0.05) is 133 Å². The molecule has 50 heavy (non-hydrogen) atoms. The van der Waals surface area contributed by atoms with Gasteiger partial charge in [-0.15, -0.1) is 11.3 Å². The lowest BCUT2D eigenvalue weighted by Gasteiger charge is -2.25. The molecule has 1 N–H and O–H groups in total. The van der Waals surface area contributed by atoms with Gasteiger partial charge in [0.1, 0.15) is 11.2 Å². The Bertz CT molecular complexity index is 2930. The van der Waals surface area contributed by atoms with Crippen molar-refractivity contribution in [3.8, 4) is 22.3 Å². The van der Waals surface area contributed by atoms with E-state index in [2.05, 4.69) is 180 Å². The molecule has 8 aromatic carbocycles. The Kier molecular flexibility index (Phi) is 5.92. The van der Waals surface area contributed by atoms with Crippen LogP contribution in [0.2, 0.25) is 0 Å². The van der Waals surface area contributed by atoms with E-state index in [0.717, 1.165) is 0 Å². The Morgan fingerprint density at radius 3 is 1.74 bits per heavy atom. The van der Waals surface area contributed by atoms with Crippen molar-refractivity contribution in [1.82, 2.24) is 0 Å². The van der Waals surface area contributed by atoms with Crippen LogP contribution in [0.15, 0.2) is 170 Å². The molecule has 0 fully saturated rings. The Labute approximate surface area is 293 Å². The lowest BCUT2D eigenvalue weighted by molar-refractivity contribution is 0.916. The minimum absolute atomic E-state index is 0.127. The van der Waals surface area contributed by atoms with Crippen LogP contribution < -0.4 is 10.2 Å². The van der Waals surface area contributed by atoms with Gasteiger partial charge in [0, 0.05) is 16.3 Å². The second-order valence-electron chi connectivity index (χ2n) is 13.4. The molecular formula is C47H30N2S. The zero-order valence-corrected chi connectivity index (χ0v) is 27.9. The molecular weight excluding hydrogens is 625 g/mol. The molecule has 234 valence electrons. The van der Waals surface area contributed by atoms with Gasteiger partial charge in [0.2, 0.25) is 0 Å². The van der Waals surface area contributed by atoms with E-state index < -0.39 is 0 Å². The topological polar surface area (TPSA) is 15.3 Å². The molecule has 2 aliphatic rings. The summed E-state index contributed by atoms with van der Waals surface area (Å²) in [5.74, 6) is 0. The number of benzene rings is 8. The molecule has 3 heteroatoms. The summed E-state index contributed by atoms with van der Waals surface area (Å²) in [6.45, 7) is 0. The molecule has 2 nitrogen and oxygen atoms in total. The van der Waals surface area contributed by atoms with Crippen molar-refractivity contribution in [3.63, 3.8) is 0 Å². The van der Waals surface area contributed by atoms with E-state index in [1.807, 2.05) is 11.3 Å². The van der Waals surface area contributed by atoms with Crippen LogP contribution in [-0.4, -0.2) is 6.17 Å². The average molecular weight is 655 g/mol. The van der Waals surface area contributed by atoms with Crippen LogP contribution in [-0.2, 0) is 0 Å². The van der Waals surface area contributed by atoms with Crippen molar-refractivity contribution in [2.75, 3.05) is 10.2 Å². The van der Waals surface area contributed by atoms with Crippen LogP contribution in [0.5, 0.6) is 0 Å². The zero-order valence-electron chi connectivity index (χ0n) is 27.1. The summed E-state index contributed by atoms with van der Waals surface area (Å²) in [5, 5.41) is 16.4. The number of anilines is 2. The number of rotatable bonds is 3. The van der Waals surface area contributed by atoms with E-state index in [0.29, 0.717) is 0 Å². The first-order chi connectivity index (χ1) is 24.8. The van der Waals surface area contributed by atoms with E-state index in [1.165, 1.54) is 97.3 Å². The van der Waals surface area contributed by atoms with Gasteiger partial charge >= 0.3 is 0 Å². The average Bonchev–Trinajstić information content (AvgIpc) is 3.72. The standard InChI is InChI=1S/C47H30N2S/c1-3-11-31-25-34(19-17-29(31)9-1)44-37-13-5-6-14-38(37)45(35-20-18-30-10-2-4-12-32(30)26-35)41-27-33(21-23-39(41)44)36-22-24-43-48-46-40-15-7-8-16-42(40)50-47(46)49(43)28-36/h1-28,43,48H. The minimum Gasteiger partial charge on any atom is -0.359 e. The molecule has 2 aliphatic heterocycles. The molecule has 0 bridgehead atoms. The van der Waals surface area contributed by atoms with Gasteiger partial charge in [0.05, 0.1) is 5.69 Å². The first-order valence-electron chi connectivity index (χ1n) is 17.2. The van der Waals surface area contributed by atoms with Gasteiger partial charge in [0.15, 0.2) is 0 Å². The van der Waals surface area contributed by atoms with Crippen molar-refractivity contribution < 1.29 is 0 Å². The maximum atomic E-state index is 3.77. The molecule has 0 amide bonds. The monoisotopic (exact) mass is 654 g/mol. The Hall–Kier alpha value is -6.16. The lowest BCUT2D eigenvalue weighted by Crippen LogP contribution is -2.31. The van der Waals surface area contributed by atoms with Crippen molar-refractivity contribution >= 4 is 80.8 Å². The van der Waals surface area contributed by atoms with Crippen molar-refractivity contribution in [3.05, 3.63) is 176 Å². The van der Waals surface area contributed by atoms with Gasteiger partial charge in [-0.3, -0.25) is 0 Å². The van der Waals surface area contributed by atoms with E-state index in [4.69, 9.17) is 0 Å². The first-order valence-corrected chi connectivity index (χ1v) is 18.0. The highest BCUT2D eigenvalue weighted by atomic mass is 32.1. The Morgan fingerprint density at radius 2 is 1.04 bits per heavy atom. The molecule has 3 heterocycles. The summed E-state index contributed by atoms with van der Waals surface area (Å²) < 4.78 is 1.31. The van der Waals surface area contributed by atoms with Gasteiger partial charge in [-0.25, -0.2) is 0 Å². The van der Waals surface area contributed by atoms with Gasteiger partial charge in [-0.2, -0.15) is 0 Å². The predicted octanol–water partition coefficient (Wildman–Crippen LogP) is 13.0. The smallest absolute Gasteiger partial charge is 0.124 e. The third kappa shape index (κ3) is 4.14. The molecule has 1 unspecified atom stereocenters. The number of allylic oxidation sites excluding steroid dienone is 2. The summed E-state index contributed by atoms with van der Waals surface area (Å²) >= 11 is 1.86. The molecule has 1 aromatic heterocycles.